The summed E-state index contributed by atoms with van der Waals surface area (Å²) in [6.45, 7) is 7.78. The van der Waals surface area contributed by atoms with Crippen LogP contribution in [0.4, 0.5) is 0 Å². The number of nitrogens with zero attached hydrogens (tertiary/aromatic N) is 1. The van der Waals surface area contributed by atoms with Gasteiger partial charge in [-0.3, -0.25) is 4.90 Å². The van der Waals surface area contributed by atoms with E-state index in [1.807, 2.05) is 0 Å². The molecule has 1 N–H and O–H groups in total. The molecule has 1 fully saturated rings. The van der Waals surface area contributed by atoms with Gasteiger partial charge < -0.3 is 5.32 Å². The molecule has 0 spiro atoms. The standard InChI is InChI=1S/C18H26N2/c1-4-5-11-20-14-17(19-13-18(20)15(2)3)12-16-9-7-6-8-10-16/h1,6-10,15,17-19H,5,11-14H2,2-3H3. The van der Waals surface area contributed by atoms with Gasteiger partial charge in [0.25, 0.3) is 0 Å². The molecule has 1 heterocycles. The summed E-state index contributed by atoms with van der Waals surface area (Å²) in [5.74, 6) is 3.44. The number of terminal acetylenes is 1. The fourth-order valence-electron chi connectivity index (χ4n) is 3.06. The minimum Gasteiger partial charge on any atom is -0.311 e. The Morgan fingerprint density at radius 1 is 1.35 bits per heavy atom. The smallest absolute Gasteiger partial charge is 0.0244 e. The second-order valence-corrected chi connectivity index (χ2v) is 6.06. The highest BCUT2D eigenvalue weighted by Gasteiger charge is 2.29. The first-order valence-corrected chi connectivity index (χ1v) is 7.65. The third-order valence-electron chi connectivity index (χ3n) is 4.18. The molecule has 0 aromatic heterocycles. The van der Waals surface area contributed by atoms with Crippen molar-refractivity contribution < 1.29 is 0 Å². The highest BCUT2D eigenvalue weighted by molar-refractivity contribution is 5.16. The molecule has 0 radical (unpaired) electrons. The first-order valence-electron chi connectivity index (χ1n) is 7.65. The van der Waals surface area contributed by atoms with Crippen LogP contribution in [0.3, 0.4) is 0 Å². The molecule has 20 heavy (non-hydrogen) atoms. The van der Waals surface area contributed by atoms with E-state index < -0.39 is 0 Å². The van der Waals surface area contributed by atoms with Gasteiger partial charge in [-0.2, -0.15) is 0 Å². The van der Waals surface area contributed by atoms with Crippen LogP contribution >= 0.6 is 0 Å². The molecule has 0 aliphatic carbocycles. The Hall–Kier alpha value is -1.30. The average Bonchev–Trinajstić information content (AvgIpc) is 2.46. The molecule has 1 aromatic rings. The summed E-state index contributed by atoms with van der Waals surface area (Å²) < 4.78 is 0. The van der Waals surface area contributed by atoms with Gasteiger partial charge in [-0.25, -0.2) is 0 Å². The van der Waals surface area contributed by atoms with E-state index in [1.165, 1.54) is 5.56 Å². The van der Waals surface area contributed by atoms with Crippen LogP contribution < -0.4 is 5.32 Å². The van der Waals surface area contributed by atoms with E-state index >= 15 is 0 Å². The molecular weight excluding hydrogens is 244 g/mol. The Morgan fingerprint density at radius 3 is 2.75 bits per heavy atom. The summed E-state index contributed by atoms with van der Waals surface area (Å²) in [7, 11) is 0. The fourth-order valence-corrected chi connectivity index (χ4v) is 3.06. The van der Waals surface area contributed by atoms with Crippen LogP contribution in [-0.2, 0) is 6.42 Å². The Morgan fingerprint density at radius 2 is 2.10 bits per heavy atom. The van der Waals surface area contributed by atoms with Crippen LogP contribution in [-0.4, -0.2) is 36.6 Å². The van der Waals surface area contributed by atoms with E-state index in [9.17, 15) is 0 Å². The molecule has 0 saturated carbocycles. The van der Waals surface area contributed by atoms with Gasteiger partial charge in [-0.1, -0.05) is 44.2 Å². The van der Waals surface area contributed by atoms with Gasteiger partial charge in [-0.15, -0.1) is 12.3 Å². The van der Waals surface area contributed by atoms with Crippen molar-refractivity contribution in [1.29, 1.82) is 0 Å². The average molecular weight is 270 g/mol. The van der Waals surface area contributed by atoms with E-state index in [-0.39, 0.29) is 0 Å². The number of nitrogens with one attached hydrogen (secondary N) is 1. The highest BCUT2D eigenvalue weighted by Crippen LogP contribution is 2.17. The van der Waals surface area contributed by atoms with E-state index in [2.05, 4.69) is 60.3 Å². The number of rotatable bonds is 5. The molecule has 2 heteroatoms. The fraction of sp³-hybridized carbons (Fsp3) is 0.556. The van der Waals surface area contributed by atoms with Crippen molar-refractivity contribution >= 4 is 0 Å². The summed E-state index contributed by atoms with van der Waals surface area (Å²) in [4.78, 5) is 2.58. The molecule has 2 unspecified atom stereocenters. The predicted octanol–water partition coefficient (Wildman–Crippen LogP) is 2.55. The van der Waals surface area contributed by atoms with Crippen LogP contribution in [0.25, 0.3) is 0 Å². The zero-order valence-corrected chi connectivity index (χ0v) is 12.7. The number of benzene rings is 1. The van der Waals surface area contributed by atoms with Crippen LogP contribution in [0.2, 0.25) is 0 Å². The van der Waals surface area contributed by atoms with Gasteiger partial charge >= 0.3 is 0 Å². The molecule has 0 amide bonds. The largest absolute Gasteiger partial charge is 0.311 e. The minimum atomic E-state index is 0.533. The van der Waals surface area contributed by atoms with E-state index in [1.54, 1.807) is 0 Å². The van der Waals surface area contributed by atoms with Crippen molar-refractivity contribution in [2.75, 3.05) is 19.6 Å². The summed E-state index contributed by atoms with van der Waals surface area (Å²) in [6.07, 6.45) is 7.38. The van der Waals surface area contributed by atoms with Gasteiger partial charge in [0.2, 0.25) is 0 Å². The van der Waals surface area contributed by atoms with Gasteiger partial charge in [0.05, 0.1) is 0 Å². The molecule has 2 nitrogen and oxygen atoms in total. The van der Waals surface area contributed by atoms with Gasteiger partial charge in [0, 0.05) is 38.1 Å². The quantitative estimate of drug-likeness (QED) is 0.827. The number of hydrogen-bond acceptors (Lipinski definition) is 2. The lowest BCUT2D eigenvalue weighted by Crippen LogP contribution is -2.58. The summed E-state index contributed by atoms with van der Waals surface area (Å²) in [5, 5.41) is 3.71. The zero-order valence-electron chi connectivity index (χ0n) is 12.7. The summed E-state index contributed by atoms with van der Waals surface area (Å²) in [6, 6.07) is 11.9. The maximum absolute atomic E-state index is 5.43. The van der Waals surface area contributed by atoms with Gasteiger partial charge in [0.1, 0.15) is 0 Å². The normalized spacial score (nSPS) is 23.7. The Kier molecular flexibility index (Phi) is 5.64. The first-order chi connectivity index (χ1) is 9.70. The molecule has 2 rings (SSSR count). The van der Waals surface area contributed by atoms with Crippen molar-refractivity contribution in [3.63, 3.8) is 0 Å². The second kappa shape index (κ2) is 7.47. The molecule has 108 valence electrons. The topological polar surface area (TPSA) is 15.3 Å². The number of hydrogen-bond donors (Lipinski definition) is 1. The van der Waals surface area contributed by atoms with Gasteiger partial charge in [0.15, 0.2) is 0 Å². The van der Waals surface area contributed by atoms with Crippen LogP contribution in [0, 0.1) is 18.3 Å². The monoisotopic (exact) mass is 270 g/mol. The van der Waals surface area contributed by atoms with Crippen molar-refractivity contribution in [2.24, 2.45) is 5.92 Å². The van der Waals surface area contributed by atoms with Crippen LogP contribution in [0.15, 0.2) is 30.3 Å². The van der Waals surface area contributed by atoms with E-state index in [4.69, 9.17) is 6.42 Å². The van der Waals surface area contributed by atoms with Crippen molar-refractivity contribution in [2.45, 2.75) is 38.8 Å². The third kappa shape index (κ3) is 4.10. The Labute approximate surface area is 123 Å². The van der Waals surface area contributed by atoms with E-state index in [0.717, 1.165) is 32.5 Å². The third-order valence-corrected chi connectivity index (χ3v) is 4.18. The molecule has 2 atom stereocenters. The van der Waals surface area contributed by atoms with Gasteiger partial charge in [-0.05, 0) is 17.9 Å². The van der Waals surface area contributed by atoms with Crippen molar-refractivity contribution in [1.82, 2.24) is 10.2 Å². The molecule has 1 aromatic carbocycles. The molecule has 1 saturated heterocycles. The van der Waals surface area contributed by atoms with Crippen LogP contribution in [0.5, 0.6) is 0 Å². The molecule has 1 aliphatic rings. The molecule has 1 aliphatic heterocycles. The van der Waals surface area contributed by atoms with E-state index in [0.29, 0.717) is 18.0 Å². The molecule has 0 bridgehead atoms. The molecular formula is C18H26N2. The number of piperazine rings is 1. The van der Waals surface area contributed by atoms with Crippen molar-refractivity contribution in [3.05, 3.63) is 35.9 Å². The maximum Gasteiger partial charge on any atom is 0.0244 e. The maximum atomic E-state index is 5.43. The first kappa shape index (κ1) is 15.1. The SMILES string of the molecule is C#CCCN1CC(Cc2ccccc2)NCC1C(C)C. The highest BCUT2D eigenvalue weighted by atomic mass is 15.2. The lowest BCUT2D eigenvalue weighted by Gasteiger charge is -2.42. The zero-order chi connectivity index (χ0) is 14.4. The minimum absolute atomic E-state index is 0.533. The lowest BCUT2D eigenvalue weighted by molar-refractivity contribution is 0.101. The van der Waals surface area contributed by atoms with Crippen molar-refractivity contribution in [3.8, 4) is 12.3 Å². The summed E-state index contributed by atoms with van der Waals surface area (Å²) >= 11 is 0. The lowest BCUT2D eigenvalue weighted by atomic mass is 9.95. The predicted molar refractivity (Wildman–Crippen MR) is 85.6 cm³/mol. The second-order valence-electron chi connectivity index (χ2n) is 6.06. The summed E-state index contributed by atoms with van der Waals surface area (Å²) in [5.41, 5.74) is 1.41. The Bertz CT molecular complexity index is 432. The van der Waals surface area contributed by atoms with Crippen LogP contribution in [0.1, 0.15) is 25.8 Å². The Balaban J connectivity index is 1.95.